The average Bonchev–Trinajstić information content (AvgIpc) is 3.21. The van der Waals surface area contributed by atoms with Crippen LogP contribution in [-0.2, 0) is 9.59 Å². The minimum Gasteiger partial charge on any atom is -0.490 e. The number of ether oxygens (including phenoxy) is 2. The van der Waals surface area contributed by atoms with Crippen molar-refractivity contribution in [1.29, 1.82) is 0 Å². The Labute approximate surface area is 242 Å². The number of carbonyl (C=O) groups is 2. The van der Waals surface area contributed by atoms with E-state index in [1.54, 1.807) is 12.1 Å². The fourth-order valence-electron chi connectivity index (χ4n) is 3.53. The normalized spacial score (nSPS) is 15.0. The number of para-hydroxylation sites is 1. The first kappa shape index (κ1) is 27.9. The summed E-state index contributed by atoms with van der Waals surface area (Å²) in [6.45, 7) is 6.04. The zero-order valence-corrected chi connectivity index (χ0v) is 24.9. The van der Waals surface area contributed by atoms with Crippen molar-refractivity contribution < 1.29 is 19.1 Å². The van der Waals surface area contributed by atoms with Gasteiger partial charge in [-0.25, -0.2) is 4.99 Å². The Morgan fingerprint density at radius 1 is 1.05 bits per heavy atom. The zero-order chi connectivity index (χ0) is 27.2. The number of hydrogen-bond donors (Lipinski definition) is 2. The van der Waals surface area contributed by atoms with Crippen molar-refractivity contribution in [3.8, 4) is 11.5 Å². The van der Waals surface area contributed by atoms with Crippen LogP contribution in [0.4, 0.5) is 11.4 Å². The largest absolute Gasteiger partial charge is 0.490 e. The fraction of sp³-hybridized carbons (Fsp3) is 0.179. The molecule has 1 heterocycles. The molecular formula is C28H25Br2N3O4S. The maximum absolute atomic E-state index is 12.6. The SMILES string of the molecule is CCOc1cc(/C=C2/SC(=Nc3ccccc3)NC2=O)cc(Br)c1OCC(=O)Nc1cc(C)c(C)cc1Br. The summed E-state index contributed by atoms with van der Waals surface area (Å²) in [6, 6.07) is 16.9. The summed E-state index contributed by atoms with van der Waals surface area (Å²) < 4.78 is 13.0. The summed E-state index contributed by atoms with van der Waals surface area (Å²) in [5.41, 5.74) is 4.36. The molecule has 196 valence electrons. The number of amidine groups is 1. The first-order valence-corrected chi connectivity index (χ1v) is 14.1. The highest BCUT2D eigenvalue weighted by Crippen LogP contribution is 2.39. The highest BCUT2D eigenvalue weighted by atomic mass is 79.9. The molecule has 10 heteroatoms. The van der Waals surface area contributed by atoms with Crippen LogP contribution >= 0.6 is 43.6 Å². The van der Waals surface area contributed by atoms with Gasteiger partial charge in [-0.15, -0.1) is 0 Å². The van der Waals surface area contributed by atoms with Gasteiger partial charge >= 0.3 is 0 Å². The van der Waals surface area contributed by atoms with E-state index >= 15 is 0 Å². The Morgan fingerprint density at radius 3 is 2.53 bits per heavy atom. The molecule has 4 rings (SSSR count). The minimum atomic E-state index is -0.307. The van der Waals surface area contributed by atoms with Gasteiger partial charge in [0.25, 0.3) is 11.8 Å². The molecule has 1 aliphatic rings. The summed E-state index contributed by atoms with van der Waals surface area (Å²) in [5.74, 6) is 0.320. The van der Waals surface area contributed by atoms with E-state index < -0.39 is 0 Å². The second-order valence-electron chi connectivity index (χ2n) is 8.33. The van der Waals surface area contributed by atoms with Crippen LogP contribution in [0.25, 0.3) is 6.08 Å². The molecule has 38 heavy (non-hydrogen) atoms. The van der Waals surface area contributed by atoms with Crippen molar-refractivity contribution in [1.82, 2.24) is 5.32 Å². The molecular weight excluding hydrogens is 634 g/mol. The molecule has 0 unspecified atom stereocenters. The van der Waals surface area contributed by atoms with Gasteiger partial charge in [-0.1, -0.05) is 18.2 Å². The van der Waals surface area contributed by atoms with E-state index in [4.69, 9.17) is 9.47 Å². The van der Waals surface area contributed by atoms with Crippen LogP contribution in [0.2, 0.25) is 0 Å². The monoisotopic (exact) mass is 657 g/mol. The Balaban J connectivity index is 1.49. The van der Waals surface area contributed by atoms with Crippen molar-refractivity contribution >= 4 is 78.1 Å². The lowest BCUT2D eigenvalue weighted by atomic mass is 10.1. The van der Waals surface area contributed by atoms with Gasteiger partial charge in [0.15, 0.2) is 23.3 Å². The van der Waals surface area contributed by atoms with E-state index in [9.17, 15) is 9.59 Å². The molecule has 0 aromatic heterocycles. The van der Waals surface area contributed by atoms with Gasteiger partial charge in [0.2, 0.25) is 0 Å². The Kier molecular flexibility index (Phi) is 9.30. The summed E-state index contributed by atoms with van der Waals surface area (Å²) in [5, 5.41) is 6.17. The highest BCUT2D eigenvalue weighted by molar-refractivity contribution is 9.11. The molecule has 0 aliphatic carbocycles. The summed E-state index contributed by atoms with van der Waals surface area (Å²) in [4.78, 5) is 30.1. The first-order chi connectivity index (χ1) is 18.2. The van der Waals surface area contributed by atoms with E-state index in [0.29, 0.717) is 38.3 Å². The Bertz CT molecular complexity index is 1440. The molecule has 0 radical (unpaired) electrons. The number of nitrogens with zero attached hydrogens (tertiary/aromatic N) is 1. The number of aliphatic imine (C=N–C) groups is 1. The van der Waals surface area contributed by atoms with Gasteiger partial charge in [-0.05, 0) is 124 Å². The molecule has 2 N–H and O–H groups in total. The highest BCUT2D eigenvalue weighted by Gasteiger charge is 2.24. The molecule has 0 spiro atoms. The number of anilines is 1. The van der Waals surface area contributed by atoms with E-state index in [1.807, 2.05) is 69.3 Å². The molecule has 1 fully saturated rings. The topological polar surface area (TPSA) is 89.0 Å². The smallest absolute Gasteiger partial charge is 0.264 e. The van der Waals surface area contributed by atoms with Gasteiger partial charge in [0, 0.05) is 4.47 Å². The number of halogens is 2. The quantitative estimate of drug-likeness (QED) is 0.251. The third kappa shape index (κ3) is 7.06. The third-order valence-corrected chi connectivity index (χ3v) is 7.63. The van der Waals surface area contributed by atoms with Gasteiger partial charge in [-0.3, -0.25) is 9.59 Å². The van der Waals surface area contributed by atoms with Crippen LogP contribution in [0.15, 0.2) is 73.4 Å². The van der Waals surface area contributed by atoms with Crippen LogP contribution in [0.1, 0.15) is 23.6 Å². The summed E-state index contributed by atoms with van der Waals surface area (Å²) in [7, 11) is 0. The van der Waals surface area contributed by atoms with Crippen molar-refractivity contribution in [3.63, 3.8) is 0 Å². The molecule has 7 nitrogen and oxygen atoms in total. The van der Waals surface area contributed by atoms with Gasteiger partial charge in [-0.2, -0.15) is 0 Å². The van der Waals surface area contributed by atoms with Crippen LogP contribution in [0.5, 0.6) is 11.5 Å². The summed E-state index contributed by atoms with van der Waals surface area (Å²) >= 11 is 8.28. The van der Waals surface area contributed by atoms with Gasteiger partial charge in [0.1, 0.15) is 0 Å². The zero-order valence-electron chi connectivity index (χ0n) is 20.9. The second-order valence-corrected chi connectivity index (χ2v) is 11.1. The lowest BCUT2D eigenvalue weighted by Gasteiger charge is -2.15. The first-order valence-electron chi connectivity index (χ1n) is 11.7. The Morgan fingerprint density at radius 2 is 1.79 bits per heavy atom. The number of nitrogens with one attached hydrogen (secondary N) is 2. The van der Waals surface area contributed by atoms with E-state index in [0.717, 1.165) is 26.9 Å². The minimum absolute atomic E-state index is 0.212. The molecule has 3 aromatic carbocycles. The summed E-state index contributed by atoms with van der Waals surface area (Å²) in [6.07, 6.45) is 1.76. The standard InChI is InChI=1S/C28H25Br2N3O4S/c1-4-36-23-13-18(14-24-27(35)33-28(38-24)31-19-8-6-5-7-9-19)12-21(30)26(23)37-15-25(34)32-22-11-17(3)16(2)10-20(22)29/h5-14H,4,15H2,1-3H3,(H,32,34)(H,31,33,35)/b24-14+. The lowest BCUT2D eigenvalue weighted by molar-refractivity contribution is -0.118. The number of carbonyl (C=O) groups excluding carboxylic acids is 2. The van der Waals surface area contributed by atoms with Crippen LogP contribution in [-0.4, -0.2) is 30.2 Å². The number of aryl methyl sites for hydroxylation is 2. The predicted molar refractivity (Wildman–Crippen MR) is 160 cm³/mol. The molecule has 0 atom stereocenters. The predicted octanol–water partition coefficient (Wildman–Crippen LogP) is 7.14. The van der Waals surface area contributed by atoms with Crippen molar-refractivity contribution in [2.75, 3.05) is 18.5 Å². The second kappa shape index (κ2) is 12.6. The Hall–Kier alpha value is -3.08. The van der Waals surface area contributed by atoms with Crippen molar-refractivity contribution in [2.24, 2.45) is 4.99 Å². The molecule has 1 saturated heterocycles. The van der Waals surface area contributed by atoms with Gasteiger partial charge in [0.05, 0.1) is 27.4 Å². The average molecular weight is 659 g/mol. The number of thioether (sulfide) groups is 1. The number of rotatable bonds is 8. The van der Waals surface area contributed by atoms with Crippen LogP contribution in [0, 0.1) is 13.8 Å². The molecule has 3 aromatic rings. The van der Waals surface area contributed by atoms with Crippen LogP contribution < -0.4 is 20.1 Å². The number of benzene rings is 3. The molecule has 2 amide bonds. The van der Waals surface area contributed by atoms with E-state index in [-0.39, 0.29) is 18.4 Å². The fourth-order valence-corrected chi connectivity index (χ4v) is 5.50. The van der Waals surface area contributed by atoms with Crippen molar-refractivity contribution in [3.05, 3.63) is 85.1 Å². The van der Waals surface area contributed by atoms with E-state index in [1.165, 1.54) is 11.8 Å². The van der Waals surface area contributed by atoms with E-state index in [2.05, 4.69) is 47.5 Å². The van der Waals surface area contributed by atoms with Crippen LogP contribution in [0.3, 0.4) is 0 Å². The maximum Gasteiger partial charge on any atom is 0.264 e. The number of hydrogen-bond acceptors (Lipinski definition) is 6. The molecule has 0 saturated carbocycles. The molecule has 0 bridgehead atoms. The lowest BCUT2D eigenvalue weighted by Crippen LogP contribution is -2.21. The van der Waals surface area contributed by atoms with Gasteiger partial charge < -0.3 is 20.1 Å². The maximum atomic E-state index is 12.6. The van der Waals surface area contributed by atoms with Crippen molar-refractivity contribution in [2.45, 2.75) is 20.8 Å². The number of amides is 2. The third-order valence-electron chi connectivity index (χ3n) is 5.47. The molecule has 1 aliphatic heterocycles.